The van der Waals surface area contributed by atoms with Gasteiger partial charge in [-0.05, 0) is 24.3 Å². The summed E-state index contributed by atoms with van der Waals surface area (Å²) in [6.07, 6.45) is 6.43. The summed E-state index contributed by atoms with van der Waals surface area (Å²) in [7, 11) is -2.37. The summed E-state index contributed by atoms with van der Waals surface area (Å²) in [4.78, 5) is 4.53. The molecule has 104 valence electrons. The topological polar surface area (TPSA) is 94.1 Å². The molecule has 0 aromatic heterocycles. The molecule has 1 aromatic rings. The maximum absolute atomic E-state index is 11.3. The predicted octanol–water partition coefficient (Wildman–Crippen LogP) is 1.66. The fraction of sp³-hybridized carbons (Fsp3) is 0. The van der Waals surface area contributed by atoms with Crippen molar-refractivity contribution in [2.75, 3.05) is 0 Å². The van der Waals surface area contributed by atoms with E-state index in [1.807, 2.05) is 12.1 Å². The highest BCUT2D eigenvalue weighted by Crippen LogP contribution is 2.28. The Kier molecular flexibility index (Phi) is 3.30. The first-order valence-electron chi connectivity index (χ1n) is 6.25. The molecule has 1 aromatic carbocycles. The molecule has 1 aliphatic heterocycles. The second-order valence-electron chi connectivity index (χ2n) is 4.52. The summed E-state index contributed by atoms with van der Waals surface area (Å²) < 4.78 is 22.5. The molecule has 0 bridgehead atoms. The van der Waals surface area contributed by atoms with Gasteiger partial charge in [-0.25, -0.2) is 4.99 Å². The van der Waals surface area contributed by atoms with Gasteiger partial charge in [0.25, 0.3) is 0 Å². The van der Waals surface area contributed by atoms with Crippen molar-refractivity contribution in [3.8, 4) is 12.1 Å². The molecule has 0 saturated carbocycles. The lowest BCUT2D eigenvalue weighted by molar-refractivity contribution is 0.627. The van der Waals surface area contributed by atoms with E-state index in [4.69, 9.17) is 5.26 Å². The molecule has 0 unspecified atom stereocenters. The monoisotopic (exact) mass is 305 g/mol. The van der Waals surface area contributed by atoms with Gasteiger partial charge in [0.05, 0.1) is 22.5 Å². The molecule has 0 spiro atoms. The van der Waals surface area contributed by atoms with Crippen LogP contribution in [0.5, 0.6) is 0 Å². The molecule has 3 rings (SSSR count). The minimum atomic E-state index is -2.37. The molecule has 22 heavy (non-hydrogen) atoms. The molecule has 0 N–H and O–H groups in total. The van der Waals surface area contributed by atoms with E-state index in [0.717, 1.165) is 0 Å². The van der Waals surface area contributed by atoms with Crippen LogP contribution in [-0.4, -0.2) is 19.0 Å². The van der Waals surface area contributed by atoms with Gasteiger partial charge in [-0.2, -0.15) is 18.9 Å². The van der Waals surface area contributed by atoms with Crippen molar-refractivity contribution in [1.82, 2.24) is 0 Å². The molecule has 1 heterocycles. The standard InChI is InChI=1S/C16H7N3O2S/c17-8-10-3-1-4-11(13(10)9-18)15-7-12-14(19-15)5-2-6-16(12)22(20)21/h1-7H. The van der Waals surface area contributed by atoms with E-state index < -0.39 is 10.3 Å². The largest absolute Gasteiger partial charge is 0.248 e. The van der Waals surface area contributed by atoms with Crippen LogP contribution in [0.2, 0.25) is 0 Å². The van der Waals surface area contributed by atoms with Crippen LogP contribution in [0.25, 0.3) is 0 Å². The van der Waals surface area contributed by atoms with E-state index in [-0.39, 0.29) is 16.0 Å². The van der Waals surface area contributed by atoms with Crippen molar-refractivity contribution in [3.63, 3.8) is 0 Å². The van der Waals surface area contributed by atoms with Gasteiger partial charge in [-0.15, -0.1) is 0 Å². The molecule has 0 radical (unpaired) electrons. The van der Waals surface area contributed by atoms with Gasteiger partial charge >= 0.3 is 0 Å². The molecular weight excluding hydrogens is 298 g/mol. The minimum Gasteiger partial charge on any atom is -0.248 e. The number of rotatable bonds is 1. The third kappa shape index (κ3) is 2.08. The van der Waals surface area contributed by atoms with Gasteiger partial charge in [0, 0.05) is 11.1 Å². The van der Waals surface area contributed by atoms with Crippen LogP contribution in [0, 0.1) is 22.7 Å². The molecule has 1 aliphatic carbocycles. The summed E-state index contributed by atoms with van der Waals surface area (Å²) in [5.74, 6) is 0. The minimum absolute atomic E-state index is 0.159. The zero-order valence-corrected chi connectivity index (χ0v) is 11.9. The third-order valence-electron chi connectivity index (χ3n) is 3.32. The number of nitriles is 2. The van der Waals surface area contributed by atoms with Crippen LogP contribution in [0.3, 0.4) is 0 Å². The number of nitrogens with zero attached hydrogens (tertiary/aromatic N) is 3. The highest BCUT2D eigenvalue weighted by Gasteiger charge is 2.23. The van der Waals surface area contributed by atoms with Crippen molar-refractivity contribution in [3.05, 3.63) is 70.5 Å². The Balaban J connectivity index is 2.21. The Labute approximate surface area is 128 Å². The van der Waals surface area contributed by atoms with E-state index in [1.165, 1.54) is 6.08 Å². The summed E-state index contributed by atoms with van der Waals surface area (Å²) in [5, 5.41) is 18.4. The highest BCUT2D eigenvalue weighted by molar-refractivity contribution is 7.73. The van der Waals surface area contributed by atoms with Crippen LogP contribution in [0.4, 0.5) is 0 Å². The zero-order valence-electron chi connectivity index (χ0n) is 11.1. The van der Waals surface area contributed by atoms with Gasteiger partial charge in [0.15, 0.2) is 0 Å². The van der Waals surface area contributed by atoms with Crippen LogP contribution in [0.1, 0.15) is 16.7 Å². The van der Waals surface area contributed by atoms with Gasteiger partial charge in [-0.3, -0.25) is 0 Å². The molecule has 6 heteroatoms. The van der Waals surface area contributed by atoms with E-state index >= 15 is 0 Å². The molecule has 0 fully saturated rings. The van der Waals surface area contributed by atoms with E-state index in [2.05, 4.69) is 4.99 Å². The molecule has 0 saturated heterocycles. The Morgan fingerprint density at radius 2 is 1.95 bits per heavy atom. The smallest absolute Gasteiger partial charge is 0.222 e. The van der Waals surface area contributed by atoms with Crippen LogP contribution in [-0.2, 0) is 10.3 Å². The predicted molar refractivity (Wildman–Crippen MR) is 81.6 cm³/mol. The first-order valence-corrected chi connectivity index (χ1v) is 7.32. The van der Waals surface area contributed by atoms with Gasteiger partial charge in [0.2, 0.25) is 10.3 Å². The molecule has 0 atom stereocenters. The van der Waals surface area contributed by atoms with Crippen LogP contribution >= 0.6 is 0 Å². The van der Waals surface area contributed by atoms with Crippen molar-refractivity contribution in [1.29, 1.82) is 10.5 Å². The molecule has 5 nitrogen and oxygen atoms in total. The fourth-order valence-corrected chi connectivity index (χ4v) is 2.87. The lowest BCUT2D eigenvalue weighted by Crippen LogP contribution is -2.04. The Hall–Kier alpha value is -3.22. The van der Waals surface area contributed by atoms with Gasteiger partial charge in [-0.1, -0.05) is 18.2 Å². The number of hydrogen-bond donors (Lipinski definition) is 0. The van der Waals surface area contributed by atoms with Crippen molar-refractivity contribution in [2.24, 2.45) is 4.99 Å². The summed E-state index contributed by atoms with van der Waals surface area (Å²) in [6, 6.07) is 8.90. The van der Waals surface area contributed by atoms with Gasteiger partial charge < -0.3 is 0 Å². The van der Waals surface area contributed by atoms with Crippen molar-refractivity contribution in [2.45, 2.75) is 0 Å². The lowest BCUT2D eigenvalue weighted by Gasteiger charge is -2.03. The zero-order chi connectivity index (χ0) is 15.7. The Morgan fingerprint density at radius 1 is 1.14 bits per heavy atom. The first kappa shape index (κ1) is 13.7. The van der Waals surface area contributed by atoms with E-state index in [1.54, 1.807) is 36.4 Å². The van der Waals surface area contributed by atoms with Crippen LogP contribution < -0.4 is 0 Å². The number of aliphatic imine (C=N–C) groups is 1. The first-order chi connectivity index (χ1) is 10.7. The molecule has 0 amide bonds. The summed E-state index contributed by atoms with van der Waals surface area (Å²) in [5.41, 5.74) is 2.51. The number of fused-ring (bicyclic) bond motifs is 1. The van der Waals surface area contributed by atoms with Crippen LogP contribution in [0.15, 0.2) is 58.8 Å². The normalized spacial score (nSPS) is 15.2. The SMILES string of the molecule is N#Cc1cccc(C2=NC3=CC=CC(=S(=O)=O)C3=C2)c1C#N. The fourth-order valence-electron chi connectivity index (χ4n) is 2.34. The quantitative estimate of drug-likeness (QED) is 0.737. The summed E-state index contributed by atoms with van der Waals surface area (Å²) >= 11 is 0. The van der Waals surface area contributed by atoms with Gasteiger partial charge in [0.1, 0.15) is 17.0 Å². The molecular formula is C16H7N3O2S. The number of benzene rings is 1. The molecule has 2 aliphatic rings. The van der Waals surface area contributed by atoms with Crippen molar-refractivity contribution >= 4 is 20.9 Å². The second kappa shape index (κ2) is 5.28. The second-order valence-corrected chi connectivity index (χ2v) is 5.43. The van der Waals surface area contributed by atoms with E-state index in [0.29, 0.717) is 22.5 Å². The Morgan fingerprint density at radius 3 is 2.64 bits per heavy atom. The van der Waals surface area contributed by atoms with E-state index in [9.17, 15) is 13.7 Å². The average molecular weight is 305 g/mol. The van der Waals surface area contributed by atoms with Crippen molar-refractivity contribution < 1.29 is 8.42 Å². The number of allylic oxidation sites excluding steroid dienone is 5. The maximum atomic E-state index is 11.3. The third-order valence-corrected chi connectivity index (χ3v) is 4.03. The lowest BCUT2D eigenvalue weighted by atomic mass is 9.98. The summed E-state index contributed by atoms with van der Waals surface area (Å²) in [6.45, 7) is 0. The number of hydrogen-bond acceptors (Lipinski definition) is 5. The maximum Gasteiger partial charge on any atom is 0.222 e. The highest BCUT2D eigenvalue weighted by atomic mass is 32.2. The Bertz CT molecular complexity index is 1030. The average Bonchev–Trinajstić information content (AvgIpc) is 2.97.